The van der Waals surface area contributed by atoms with Crippen LogP contribution in [-0.2, 0) is 0 Å². The summed E-state index contributed by atoms with van der Waals surface area (Å²) in [6, 6.07) is 51.0. The van der Waals surface area contributed by atoms with Gasteiger partial charge in [-0.2, -0.15) is 0 Å². The van der Waals surface area contributed by atoms with Gasteiger partial charge in [0.1, 0.15) is 0 Å². The van der Waals surface area contributed by atoms with E-state index in [9.17, 15) is 0 Å². The third kappa shape index (κ3) is 5.68. The molecule has 0 radical (unpaired) electrons. The van der Waals surface area contributed by atoms with Gasteiger partial charge in [0.15, 0.2) is 0 Å². The monoisotopic (exact) mass is 736 g/mol. The average Bonchev–Trinajstić information content (AvgIpc) is 3.82. The van der Waals surface area contributed by atoms with Crippen LogP contribution < -0.4 is 4.90 Å². The third-order valence-electron chi connectivity index (χ3n) is 11.6. The Bertz CT molecular complexity index is 2840. The van der Waals surface area contributed by atoms with Gasteiger partial charge in [-0.15, -0.1) is 17.0 Å². The molecule has 56 heavy (non-hydrogen) atoms. The van der Waals surface area contributed by atoms with Crippen molar-refractivity contribution >= 4 is 59.9 Å². The Morgan fingerprint density at radius 2 is 1.38 bits per heavy atom. The van der Waals surface area contributed by atoms with Crippen LogP contribution in [0.1, 0.15) is 52.7 Å². The summed E-state index contributed by atoms with van der Waals surface area (Å²) in [6.45, 7) is 0. The molecule has 0 N–H and O–H groups in total. The first-order valence-corrected chi connectivity index (χ1v) is 20.4. The number of thiophene rings is 1. The van der Waals surface area contributed by atoms with E-state index in [2.05, 4.69) is 187 Å². The molecule has 3 heterocycles. The first-order valence-electron chi connectivity index (χ1n) is 19.6. The van der Waals surface area contributed by atoms with Crippen LogP contribution >= 0.6 is 11.3 Å². The van der Waals surface area contributed by atoms with Crippen molar-refractivity contribution < 1.29 is 0 Å². The molecule has 6 aromatic carbocycles. The second kappa shape index (κ2) is 13.7. The molecular weight excluding hydrogens is 699 g/mol. The minimum atomic E-state index is -0.323. The van der Waals surface area contributed by atoms with Crippen LogP contribution in [0.4, 0.5) is 11.4 Å². The van der Waals surface area contributed by atoms with Gasteiger partial charge in [-0.05, 0) is 82.1 Å². The van der Waals surface area contributed by atoms with E-state index in [1.165, 1.54) is 59.4 Å². The van der Waals surface area contributed by atoms with Crippen LogP contribution in [0.15, 0.2) is 193 Å². The number of rotatable bonds is 6. The fourth-order valence-electron chi connectivity index (χ4n) is 8.84. The summed E-state index contributed by atoms with van der Waals surface area (Å²) in [4.78, 5) is 7.80. The predicted molar refractivity (Wildman–Crippen MR) is 238 cm³/mol. The molecule has 268 valence electrons. The molecule has 3 atom stereocenters. The van der Waals surface area contributed by atoms with Gasteiger partial charge in [-0.3, -0.25) is 4.99 Å². The highest BCUT2D eigenvalue weighted by molar-refractivity contribution is 7.26. The van der Waals surface area contributed by atoms with Gasteiger partial charge in [0, 0.05) is 38.8 Å². The van der Waals surface area contributed by atoms with Crippen molar-refractivity contribution in [2.75, 3.05) is 4.90 Å². The molecule has 4 aliphatic rings. The van der Waals surface area contributed by atoms with Crippen molar-refractivity contribution in [3.05, 3.63) is 221 Å². The molecule has 3 unspecified atom stereocenters. The van der Waals surface area contributed by atoms with Crippen molar-refractivity contribution in [1.29, 1.82) is 0 Å². The molecule has 11 rings (SSSR count). The molecule has 0 saturated carbocycles. The fraction of sp³-hybridized carbons (Fsp3) is 0.0962. The maximum atomic E-state index is 5.31. The minimum absolute atomic E-state index is 0.190. The van der Waals surface area contributed by atoms with Gasteiger partial charge in [-0.25, -0.2) is 0 Å². The van der Waals surface area contributed by atoms with Crippen molar-refractivity contribution in [1.82, 2.24) is 0 Å². The lowest BCUT2D eigenvalue weighted by Crippen LogP contribution is -2.27. The molecule has 7 aromatic rings. The second-order valence-electron chi connectivity index (χ2n) is 15.0. The molecule has 0 amide bonds. The molecule has 0 bridgehead atoms. The Balaban J connectivity index is 1.09. The van der Waals surface area contributed by atoms with Crippen LogP contribution in [0.25, 0.3) is 47.9 Å². The Morgan fingerprint density at radius 3 is 2.18 bits per heavy atom. The molecule has 0 fully saturated rings. The van der Waals surface area contributed by atoms with Gasteiger partial charge in [-0.1, -0.05) is 158 Å². The Hall–Kier alpha value is -6.49. The zero-order valence-corrected chi connectivity index (χ0v) is 31.6. The second-order valence-corrected chi connectivity index (χ2v) is 16.0. The van der Waals surface area contributed by atoms with Crippen LogP contribution in [0.2, 0.25) is 0 Å². The van der Waals surface area contributed by atoms with Crippen molar-refractivity contribution in [2.45, 2.75) is 31.0 Å². The van der Waals surface area contributed by atoms with Crippen molar-refractivity contribution in [2.24, 2.45) is 4.99 Å². The van der Waals surface area contributed by atoms with Gasteiger partial charge in [0.25, 0.3) is 0 Å². The van der Waals surface area contributed by atoms with Crippen molar-refractivity contribution in [3.63, 3.8) is 0 Å². The number of nitrogens with zero attached hydrogens (tertiary/aromatic N) is 3. The number of allylic oxidation sites excluding steroid dienone is 7. The van der Waals surface area contributed by atoms with Crippen LogP contribution in [0.3, 0.4) is 0 Å². The lowest BCUT2D eigenvalue weighted by molar-refractivity contribution is 0.832. The summed E-state index contributed by atoms with van der Waals surface area (Å²) >= 11 is 1.92. The number of aliphatic imine (C=N–C) groups is 1. The average molecular weight is 737 g/mol. The molecule has 2 aliphatic carbocycles. The van der Waals surface area contributed by atoms with Gasteiger partial charge < -0.3 is 10.2 Å². The molecule has 2 aliphatic heterocycles. The van der Waals surface area contributed by atoms with Crippen LogP contribution in [-0.4, -0.2) is 11.8 Å². The Kier molecular flexibility index (Phi) is 8.03. The molecule has 0 spiro atoms. The summed E-state index contributed by atoms with van der Waals surface area (Å²) in [5.74, 6) is 0.398. The highest BCUT2D eigenvalue weighted by Gasteiger charge is 2.36. The zero-order valence-electron chi connectivity index (χ0n) is 30.8. The van der Waals surface area contributed by atoms with E-state index < -0.39 is 0 Å². The number of fused-ring (bicyclic) bond motifs is 6. The maximum absolute atomic E-state index is 5.31. The highest BCUT2D eigenvalue weighted by Crippen LogP contribution is 2.53. The number of hydrogen-bond donors (Lipinski definition) is 0. The van der Waals surface area contributed by atoms with E-state index in [0.717, 1.165) is 40.9 Å². The topological polar surface area (TPSA) is 29.7 Å². The standard InChI is InChI=1S/C52H38N3S/c1-5-15-34(16-6-1)38-26-28-50-43(29-38)44-30-40(35-17-7-2-8-18-35)32-49(51(44)56-50)55-47-24-14-13-23-41(47)42-27-25-39(31-48(42)55)46-33-45(36-19-9-3-10-20-36)53-52(54-46)37-21-11-4-12-22-37/h1-15,17-23,25-34,47,52H,16,24H2/q-1. The summed E-state index contributed by atoms with van der Waals surface area (Å²) in [5, 5.41) is 7.97. The smallest absolute Gasteiger partial charge is 0.0633 e. The summed E-state index contributed by atoms with van der Waals surface area (Å²) in [5.41, 5.74) is 14.1. The molecule has 4 heteroatoms. The SMILES string of the molecule is C1=CCC(c2ccc3sc4c(N5c6cc(C7=CC(c8ccccc8)=NC(c8ccccc8)[N-]7)ccc6C6=CC=CCC65)cc(-c5ccccc5)cc4c3c2)C=C1. The van der Waals surface area contributed by atoms with E-state index in [4.69, 9.17) is 10.3 Å². The number of anilines is 2. The quantitative estimate of drug-likeness (QED) is 0.167. The molecule has 1 aromatic heterocycles. The van der Waals surface area contributed by atoms with E-state index in [0.29, 0.717) is 5.92 Å². The number of benzene rings is 6. The Morgan fingerprint density at radius 1 is 0.607 bits per heavy atom. The summed E-state index contributed by atoms with van der Waals surface area (Å²) < 4.78 is 2.65. The fourth-order valence-corrected chi connectivity index (χ4v) is 10.0. The summed E-state index contributed by atoms with van der Waals surface area (Å²) in [7, 11) is 0. The molecule has 0 saturated heterocycles. The van der Waals surface area contributed by atoms with Crippen LogP contribution in [0, 0.1) is 0 Å². The lowest BCUT2D eigenvalue weighted by Gasteiger charge is -2.37. The third-order valence-corrected chi connectivity index (χ3v) is 12.8. The van der Waals surface area contributed by atoms with Gasteiger partial charge in [0.05, 0.1) is 22.1 Å². The lowest BCUT2D eigenvalue weighted by atomic mass is 9.91. The van der Waals surface area contributed by atoms with Gasteiger partial charge in [0.2, 0.25) is 0 Å². The number of hydrogen-bond acceptors (Lipinski definition) is 3. The Labute approximate surface area is 331 Å². The predicted octanol–water partition coefficient (Wildman–Crippen LogP) is 14.1. The first kappa shape index (κ1) is 32.9. The molecular formula is C52H38N3S-. The minimum Gasteiger partial charge on any atom is -0.659 e. The van der Waals surface area contributed by atoms with E-state index >= 15 is 0 Å². The van der Waals surface area contributed by atoms with Crippen molar-refractivity contribution in [3.8, 4) is 11.1 Å². The first-order chi connectivity index (χ1) is 27.7. The van der Waals surface area contributed by atoms with E-state index in [-0.39, 0.29) is 12.2 Å². The highest BCUT2D eigenvalue weighted by atomic mass is 32.1. The zero-order chi connectivity index (χ0) is 37.0. The van der Waals surface area contributed by atoms with Crippen LogP contribution in [0.5, 0.6) is 0 Å². The maximum Gasteiger partial charge on any atom is 0.0633 e. The van der Waals surface area contributed by atoms with Gasteiger partial charge >= 0.3 is 0 Å². The largest absolute Gasteiger partial charge is 0.659 e. The van der Waals surface area contributed by atoms with E-state index in [1.54, 1.807) is 0 Å². The normalized spacial score (nSPS) is 19.7. The van der Waals surface area contributed by atoms with E-state index in [1.807, 2.05) is 17.4 Å². The summed E-state index contributed by atoms with van der Waals surface area (Å²) in [6.07, 6.45) is 19.7. The molecule has 3 nitrogen and oxygen atoms in total.